The molecule has 38 heavy (non-hydrogen) atoms. The van der Waals surface area contributed by atoms with Gasteiger partial charge in [0, 0.05) is 11.9 Å². The monoisotopic (exact) mass is 557 g/mol. The van der Waals surface area contributed by atoms with E-state index >= 15 is 0 Å². The molecule has 1 aromatic heterocycles. The van der Waals surface area contributed by atoms with Gasteiger partial charge in [-0.15, -0.1) is 11.3 Å². The fraction of sp³-hybridized carbons (Fsp3) is 0.370. The molecule has 0 saturated heterocycles. The molecular formula is C27H31N3O6S2. The van der Waals surface area contributed by atoms with Crippen LogP contribution in [0.4, 0.5) is 0 Å². The van der Waals surface area contributed by atoms with Gasteiger partial charge < -0.3 is 14.9 Å². The Kier molecular flexibility index (Phi) is 9.49. The van der Waals surface area contributed by atoms with Crippen molar-refractivity contribution in [1.82, 2.24) is 9.29 Å². The van der Waals surface area contributed by atoms with Crippen LogP contribution in [0.2, 0.25) is 0 Å². The largest absolute Gasteiger partial charge is 0.507 e. The Balaban J connectivity index is 2.00. The number of rotatable bonds is 12. The minimum Gasteiger partial charge on any atom is -0.507 e. The third-order valence-electron chi connectivity index (χ3n) is 6.02. The van der Waals surface area contributed by atoms with Gasteiger partial charge in [-0.2, -0.15) is 9.57 Å². The molecule has 202 valence electrons. The highest BCUT2D eigenvalue weighted by atomic mass is 32.2. The number of carboxylic acid groups (broad SMARTS) is 1. The molecule has 2 aromatic carbocycles. The van der Waals surface area contributed by atoms with E-state index in [2.05, 4.69) is 4.98 Å². The van der Waals surface area contributed by atoms with Crippen molar-refractivity contribution in [2.24, 2.45) is 0 Å². The second-order valence-corrected chi connectivity index (χ2v) is 12.1. The van der Waals surface area contributed by atoms with Crippen LogP contribution >= 0.6 is 11.3 Å². The Hall–Kier alpha value is -3.46. The normalized spacial score (nSPS) is 12.4. The number of carbonyl (C=O) groups is 1. The molecule has 1 heterocycles. The highest BCUT2D eigenvalue weighted by Crippen LogP contribution is 2.31. The summed E-state index contributed by atoms with van der Waals surface area (Å²) < 4.78 is 34.5. The second-order valence-electron chi connectivity index (χ2n) is 9.12. The summed E-state index contributed by atoms with van der Waals surface area (Å²) in [5.74, 6) is -0.969. The first-order chi connectivity index (χ1) is 18.0. The topological polar surface area (TPSA) is 141 Å². The quantitative estimate of drug-likeness (QED) is 0.323. The maximum atomic E-state index is 13.7. The maximum Gasteiger partial charge on any atom is 0.344 e. The molecule has 2 N–H and O–H groups in total. The summed E-state index contributed by atoms with van der Waals surface area (Å²) in [5, 5.41) is 31.7. The average molecular weight is 558 g/mol. The van der Waals surface area contributed by atoms with Crippen LogP contribution < -0.4 is 4.74 Å². The Morgan fingerprint density at radius 3 is 2.55 bits per heavy atom. The Morgan fingerprint density at radius 1 is 1.24 bits per heavy atom. The number of phenolic OH excluding ortho intramolecular Hbond substituents is 1. The number of aromatic hydroxyl groups is 1. The van der Waals surface area contributed by atoms with Crippen molar-refractivity contribution in [2.75, 3.05) is 6.54 Å². The zero-order valence-electron chi connectivity index (χ0n) is 21.7. The number of aromatic nitrogens is 1. The highest BCUT2D eigenvalue weighted by Gasteiger charge is 2.29. The number of aliphatic carboxylic acids is 1. The van der Waals surface area contributed by atoms with Crippen molar-refractivity contribution in [1.29, 1.82) is 5.26 Å². The van der Waals surface area contributed by atoms with Gasteiger partial charge in [0.15, 0.2) is 6.10 Å². The summed E-state index contributed by atoms with van der Waals surface area (Å²) in [4.78, 5) is 15.7. The van der Waals surface area contributed by atoms with E-state index in [1.165, 1.54) is 27.8 Å². The molecule has 0 aliphatic carbocycles. The van der Waals surface area contributed by atoms with Gasteiger partial charge in [0.1, 0.15) is 16.4 Å². The van der Waals surface area contributed by atoms with Crippen LogP contribution in [-0.4, -0.2) is 46.5 Å². The number of hydrogen-bond acceptors (Lipinski definition) is 8. The van der Waals surface area contributed by atoms with E-state index in [0.717, 1.165) is 16.6 Å². The van der Waals surface area contributed by atoms with Gasteiger partial charge in [0.2, 0.25) is 10.0 Å². The van der Waals surface area contributed by atoms with Crippen molar-refractivity contribution in [2.45, 2.75) is 64.0 Å². The molecule has 0 aliphatic rings. The first-order valence-corrected chi connectivity index (χ1v) is 14.4. The summed E-state index contributed by atoms with van der Waals surface area (Å²) in [6, 6.07) is 11.1. The SMILES string of the molecule is CCC(Oc1cc(C(C)C)ccc1CCN(Cc1csc(C)n1)S(=O)(=O)c1cc(C#N)ccc1O)C(=O)O. The zero-order chi connectivity index (χ0) is 28.0. The highest BCUT2D eigenvalue weighted by molar-refractivity contribution is 7.89. The number of carboxylic acids is 1. The predicted molar refractivity (Wildman–Crippen MR) is 144 cm³/mol. The molecule has 1 unspecified atom stereocenters. The van der Waals surface area contributed by atoms with Crippen molar-refractivity contribution in [3.05, 3.63) is 69.2 Å². The number of hydrogen-bond donors (Lipinski definition) is 2. The molecule has 0 bridgehead atoms. The molecule has 0 aliphatic heterocycles. The van der Waals surface area contributed by atoms with Gasteiger partial charge in [-0.05, 0) is 61.1 Å². The van der Waals surface area contributed by atoms with Gasteiger partial charge in [-0.1, -0.05) is 32.9 Å². The lowest BCUT2D eigenvalue weighted by Gasteiger charge is -2.23. The molecule has 1 atom stereocenters. The van der Waals surface area contributed by atoms with Gasteiger partial charge in [-0.25, -0.2) is 18.2 Å². The van der Waals surface area contributed by atoms with Crippen LogP contribution in [0.1, 0.15) is 60.5 Å². The summed E-state index contributed by atoms with van der Waals surface area (Å²) >= 11 is 1.39. The lowest BCUT2D eigenvalue weighted by Crippen LogP contribution is -2.33. The number of sulfonamides is 1. The van der Waals surface area contributed by atoms with E-state index in [4.69, 9.17) is 4.74 Å². The summed E-state index contributed by atoms with van der Waals surface area (Å²) in [5.41, 5.74) is 2.27. The number of thiazole rings is 1. The van der Waals surface area contributed by atoms with E-state index in [1.807, 2.05) is 39.0 Å². The molecular weight excluding hydrogens is 526 g/mol. The fourth-order valence-corrected chi connectivity index (χ4v) is 5.95. The van der Waals surface area contributed by atoms with Crippen LogP contribution in [0.25, 0.3) is 0 Å². The Bertz CT molecular complexity index is 1440. The number of benzene rings is 2. The summed E-state index contributed by atoms with van der Waals surface area (Å²) in [6.07, 6.45) is -0.566. The van der Waals surface area contributed by atoms with Crippen LogP contribution in [0.5, 0.6) is 11.5 Å². The Labute approximate surface area is 227 Å². The lowest BCUT2D eigenvalue weighted by molar-refractivity contribution is -0.145. The molecule has 0 spiro atoms. The zero-order valence-corrected chi connectivity index (χ0v) is 23.3. The third-order valence-corrected chi connectivity index (χ3v) is 8.71. The van der Waals surface area contributed by atoms with Gasteiger partial charge >= 0.3 is 5.97 Å². The molecule has 0 fully saturated rings. The van der Waals surface area contributed by atoms with Crippen molar-refractivity contribution in [3.63, 3.8) is 0 Å². The van der Waals surface area contributed by atoms with Gasteiger partial charge in [0.05, 0.1) is 28.9 Å². The number of nitrogens with zero attached hydrogens (tertiary/aromatic N) is 3. The molecule has 0 radical (unpaired) electrons. The number of ether oxygens (including phenoxy) is 1. The number of nitriles is 1. The Morgan fingerprint density at radius 2 is 1.97 bits per heavy atom. The van der Waals surface area contributed by atoms with Crippen molar-refractivity contribution < 1.29 is 28.2 Å². The van der Waals surface area contributed by atoms with E-state index in [-0.39, 0.29) is 42.3 Å². The van der Waals surface area contributed by atoms with E-state index < -0.39 is 27.8 Å². The molecule has 0 amide bonds. The van der Waals surface area contributed by atoms with E-state index in [1.54, 1.807) is 18.4 Å². The maximum absolute atomic E-state index is 13.7. The summed E-state index contributed by atoms with van der Waals surface area (Å²) in [7, 11) is -4.24. The smallest absolute Gasteiger partial charge is 0.344 e. The van der Waals surface area contributed by atoms with Crippen LogP contribution in [0.3, 0.4) is 0 Å². The molecule has 3 rings (SSSR count). The standard InChI is InChI=1S/C27H31N3O6S2/c1-5-24(27(32)33)36-25-13-21(17(2)3)8-7-20(25)10-11-30(15-22-16-37-18(4)29-22)38(34,35)26-12-19(14-28)6-9-23(26)31/h6-9,12-13,16-17,24,31H,5,10-11,15H2,1-4H3,(H,32,33). The average Bonchev–Trinajstić information content (AvgIpc) is 3.29. The summed E-state index contributed by atoms with van der Waals surface area (Å²) in [6.45, 7) is 7.52. The minimum absolute atomic E-state index is 0.00359. The van der Waals surface area contributed by atoms with E-state index in [9.17, 15) is 28.7 Å². The number of aryl methyl sites for hydroxylation is 1. The second kappa shape index (κ2) is 12.4. The van der Waals surface area contributed by atoms with Crippen LogP contribution in [-0.2, 0) is 27.8 Å². The molecule has 3 aromatic rings. The first-order valence-electron chi connectivity index (χ1n) is 12.1. The lowest BCUT2D eigenvalue weighted by atomic mass is 9.99. The molecule has 9 nitrogen and oxygen atoms in total. The predicted octanol–water partition coefficient (Wildman–Crippen LogP) is 4.83. The van der Waals surface area contributed by atoms with Crippen molar-refractivity contribution >= 4 is 27.3 Å². The van der Waals surface area contributed by atoms with Gasteiger partial charge in [0.25, 0.3) is 0 Å². The molecule has 0 saturated carbocycles. The fourth-order valence-electron chi connectivity index (χ4n) is 3.83. The third kappa shape index (κ3) is 6.89. The van der Waals surface area contributed by atoms with Crippen LogP contribution in [0, 0.1) is 18.3 Å². The first kappa shape index (κ1) is 29.1. The number of phenols is 1. The van der Waals surface area contributed by atoms with E-state index in [0.29, 0.717) is 17.0 Å². The molecule has 11 heteroatoms. The van der Waals surface area contributed by atoms with Gasteiger partial charge in [-0.3, -0.25) is 0 Å². The van der Waals surface area contributed by atoms with Crippen LogP contribution in [0.15, 0.2) is 46.7 Å². The minimum atomic E-state index is -4.24. The van der Waals surface area contributed by atoms with Crippen molar-refractivity contribution in [3.8, 4) is 17.6 Å².